The van der Waals surface area contributed by atoms with Gasteiger partial charge in [-0.25, -0.2) is 0 Å². The normalized spacial score (nSPS) is 11.6. The van der Waals surface area contributed by atoms with Gasteiger partial charge in [-0.2, -0.15) is 0 Å². The lowest BCUT2D eigenvalue weighted by molar-refractivity contribution is 1.69. The third-order valence-corrected chi connectivity index (χ3v) is 5.83. The summed E-state index contributed by atoms with van der Waals surface area (Å²) in [7, 11) is 0. The first-order valence-corrected chi connectivity index (χ1v) is 9.71. The van der Waals surface area contributed by atoms with Gasteiger partial charge in [0.2, 0.25) is 0 Å². The molecule has 0 N–H and O–H groups in total. The van der Waals surface area contributed by atoms with Crippen molar-refractivity contribution >= 4 is 43.1 Å². The van der Waals surface area contributed by atoms with Gasteiger partial charge >= 0.3 is 0 Å². The molecule has 130 valence electrons. The third kappa shape index (κ3) is 2.25. The van der Waals surface area contributed by atoms with E-state index in [2.05, 4.69) is 109 Å². The molecule has 0 heteroatoms. The number of hydrogen-bond donors (Lipinski definition) is 0. The fourth-order valence-corrected chi connectivity index (χ4v) is 4.47. The van der Waals surface area contributed by atoms with Crippen LogP contribution in [0.2, 0.25) is 0 Å². The van der Waals surface area contributed by atoms with E-state index in [1.807, 2.05) is 0 Å². The maximum atomic E-state index is 2.37. The van der Waals surface area contributed by atoms with Gasteiger partial charge in [0.05, 0.1) is 0 Å². The number of benzene rings is 6. The van der Waals surface area contributed by atoms with Crippen molar-refractivity contribution in [3.8, 4) is 11.1 Å². The molecule has 6 aromatic rings. The molecule has 0 spiro atoms. The monoisotopic (exact) mass is 354 g/mol. The molecule has 0 radical (unpaired) electrons. The molecule has 0 aliphatic heterocycles. The van der Waals surface area contributed by atoms with Gasteiger partial charge in [0.15, 0.2) is 0 Å². The predicted octanol–water partition coefficient (Wildman–Crippen LogP) is 7.97. The Morgan fingerprint density at radius 1 is 0.357 bits per heavy atom. The summed E-state index contributed by atoms with van der Waals surface area (Å²) in [4.78, 5) is 0. The Hall–Kier alpha value is -3.64. The van der Waals surface area contributed by atoms with Crippen molar-refractivity contribution in [2.45, 2.75) is 0 Å². The molecule has 0 aromatic heterocycles. The Morgan fingerprint density at radius 2 is 0.929 bits per heavy atom. The quantitative estimate of drug-likeness (QED) is 0.263. The first-order chi connectivity index (χ1) is 13.9. The Bertz CT molecular complexity index is 1490. The summed E-state index contributed by atoms with van der Waals surface area (Å²) in [6.45, 7) is 0. The van der Waals surface area contributed by atoms with Crippen LogP contribution in [0.15, 0.2) is 109 Å². The molecule has 0 heterocycles. The van der Waals surface area contributed by atoms with E-state index < -0.39 is 0 Å². The topological polar surface area (TPSA) is 0 Å². The van der Waals surface area contributed by atoms with Gasteiger partial charge in [0.1, 0.15) is 0 Å². The Kier molecular flexibility index (Phi) is 3.27. The van der Waals surface area contributed by atoms with E-state index in [0.29, 0.717) is 0 Å². The summed E-state index contributed by atoms with van der Waals surface area (Å²) >= 11 is 0. The van der Waals surface area contributed by atoms with Gasteiger partial charge in [-0.05, 0) is 60.3 Å². The zero-order valence-electron chi connectivity index (χ0n) is 15.4. The van der Waals surface area contributed by atoms with E-state index in [9.17, 15) is 0 Å². The molecule has 0 nitrogen and oxygen atoms in total. The average molecular weight is 354 g/mol. The SMILES string of the molecule is c1ccc2c(-c3ccc4ccc5ccc6ccccc6c5c4c3)cccc2c1. The van der Waals surface area contributed by atoms with Gasteiger partial charge in [-0.15, -0.1) is 0 Å². The minimum absolute atomic E-state index is 1.27. The Balaban J connectivity index is 1.74. The minimum Gasteiger partial charge on any atom is -0.0616 e. The van der Waals surface area contributed by atoms with Crippen LogP contribution in [0, 0.1) is 0 Å². The highest BCUT2D eigenvalue weighted by atomic mass is 14.1. The van der Waals surface area contributed by atoms with Crippen molar-refractivity contribution in [1.29, 1.82) is 0 Å². The van der Waals surface area contributed by atoms with E-state index in [1.165, 1.54) is 54.2 Å². The van der Waals surface area contributed by atoms with Crippen molar-refractivity contribution in [3.63, 3.8) is 0 Å². The molecule has 0 bridgehead atoms. The maximum Gasteiger partial charge on any atom is -0.00266 e. The molecular formula is C28H18. The van der Waals surface area contributed by atoms with E-state index >= 15 is 0 Å². The van der Waals surface area contributed by atoms with Crippen LogP contribution >= 0.6 is 0 Å². The highest BCUT2D eigenvalue weighted by molar-refractivity contribution is 6.20. The van der Waals surface area contributed by atoms with Crippen LogP contribution in [0.25, 0.3) is 54.2 Å². The molecule has 6 aromatic carbocycles. The summed E-state index contributed by atoms with van der Waals surface area (Å²) < 4.78 is 0. The highest BCUT2D eigenvalue weighted by Gasteiger charge is 2.08. The van der Waals surface area contributed by atoms with Crippen LogP contribution < -0.4 is 0 Å². The summed E-state index contributed by atoms with van der Waals surface area (Å²) in [5, 5.41) is 10.4. The van der Waals surface area contributed by atoms with Crippen molar-refractivity contribution < 1.29 is 0 Å². The molecule has 6 rings (SSSR count). The zero-order valence-corrected chi connectivity index (χ0v) is 15.4. The maximum absolute atomic E-state index is 2.37. The van der Waals surface area contributed by atoms with E-state index in [-0.39, 0.29) is 0 Å². The number of fused-ring (bicyclic) bond motifs is 6. The van der Waals surface area contributed by atoms with Crippen molar-refractivity contribution in [1.82, 2.24) is 0 Å². The smallest absolute Gasteiger partial charge is 0.00266 e. The fourth-order valence-electron chi connectivity index (χ4n) is 4.47. The lowest BCUT2D eigenvalue weighted by Crippen LogP contribution is -1.84. The summed E-state index contributed by atoms with van der Waals surface area (Å²) in [5.74, 6) is 0. The first-order valence-electron chi connectivity index (χ1n) is 9.71. The first kappa shape index (κ1) is 15.4. The average Bonchev–Trinajstić information content (AvgIpc) is 2.78. The lowest BCUT2D eigenvalue weighted by atomic mass is 9.92. The standard InChI is InChI=1S/C28H18/c1-3-9-24-19(6-1)8-5-11-25(24)23-17-14-21-13-16-22-15-12-20-7-2-4-10-26(20)28(22)27(21)18-23/h1-18H. The zero-order chi connectivity index (χ0) is 18.5. The minimum atomic E-state index is 1.27. The van der Waals surface area contributed by atoms with Crippen molar-refractivity contribution in [2.75, 3.05) is 0 Å². The highest BCUT2D eigenvalue weighted by Crippen LogP contribution is 2.36. The molecule has 28 heavy (non-hydrogen) atoms. The molecule has 0 aliphatic carbocycles. The van der Waals surface area contributed by atoms with E-state index in [0.717, 1.165) is 0 Å². The van der Waals surface area contributed by atoms with Gasteiger partial charge < -0.3 is 0 Å². The predicted molar refractivity (Wildman–Crippen MR) is 122 cm³/mol. The van der Waals surface area contributed by atoms with Gasteiger partial charge in [0.25, 0.3) is 0 Å². The van der Waals surface area contributed by atoms with Gasteiger partial charge in [0, 0.05) is 0 Å². The molecule has 0 atom stereocenters. The molecular weight excluding hydrogens is 336 g/mol. The van der Waals surface area contributed by atoms with Crippen LogP contribution in [0.5, 0.6) is 0 Å². The van der Waals surface area contributed by atoms with Crippen molar-refractivity contribution in [3.05, 3.63) is 109 Å². The van der Waals surface area contributed by atoms with Crippen LogP contribution in [0.3, 0.4) is 0 Å². The molecule has 0 fully saturated rings. The summed E-state index contributed by atoms with van der Waals surface area (Å²) in [6.07, 6.45) is 0. The summed E-state index contributed by atoms with van der Waals surface area (Å²) in [6, 6.07) is 39.7. The second-order valence-electron chi connectivity index (χ2n) is 7.41. The number of hydrogen-bond acceptors (Lipinski definition) is 0. The fraction of sp³-hybridized carbons (Fsp3) is 0. The molecule has 0 amide bonds. The second-order valence-corrected chi connectivity index (χ2v) is 7.41. The number of rotatable bonds is 1. The molecule has 0 saturated heterocycles. The Labute approximate surface area is 163 Å². The largest absolute Gasteiger partial charge is 0.0616 e. The third-order valence-electron chi connectivity index (χ3n) is 5.83. The molecule has 0 aliphatic rings. The van der Waals surface area contributed by atoms with Crippen molar-refractivity contribution in [2.24, 2.45) is 0 Å². The second kappa shape index (κ2) is 5.94. The van der Waals surface area contributed by atoms with Gasteiger partial charge in [-0.3, -0.25) is 0 Å². The lowest BCUT2D eigenvalue weighted by Gasteiger charge is -2.11. The molecule has 0 unspecified atom stereocenters. The van der Waals surface area contributed by atoms with E-state index in [4.69, 9.17) is 0 Å². The molecule has 0 saturated carbocycles. The van der Waals surface area contributed by atoms with Gasteiger partial charge in [-0.1, -0.05) is 103 Å². The van der Waals surface area contributed by atoms with Crippen LogP contribution in [-0.4, -0.2) is 0 Å². The van der Waals surface area contributed by atoms with Crippen LogP contribution in [0.1, 0.15) is 0 Å². The summed E-state index contributed by atoms with van der Waals surface area (Å²) in [5.41, 5.74) is 2.56. The van der Waals surface area contributed by atoms with Crippen LogP contribution in [-0.2, 0) is 0 Å². The van der Waals surface area contributed by atoms with E-state index in [1.54, 1.807) is 0 Å². The Morgan fingerprint density at radius 3 is 1.75 bits per heavy atom. The van der Waals surface area contributed by atoms with Crippen LogP contribution in [0.4, 0.5) is 0 Å².